The van der Waals surface area contributed by atoms with Crippen molar-refractivity contribution in [1.29, 1.82) is 0 Å². The second kappa shape index (κ2) is 6.15. The predicted octanol–water partition coefficient (Wildman–Crippen LogP) is 2.60. The predicted molar refractivity (Wildman–Crippen MR) is 83.7 cm³/mol. The van der Waals surface area contributed by atoms with Crippen LogP contribution in [0.3, 0.4) is 0 Å². The van der Waals surface area contributed by atoms with Gasteiger partial charge in [0.25, 0.3) is 0 Å². The van der Waals surface area contributed by atoms with Crippen LogP contribution < -0.4 is 0 Å². The molecule has 3 aromatic rings. The van der Waals surface area contributed by atoms with E-state index in [-0.39, 0.29) is 0 Å². The van der Waals surface area contributed by atoms with Crippen molar-refractivity contribution in [3.8, 4) is 11.4 Å². The van der Waals surface area contributed by atoms with E-state index in [9.17, 15) is 4.79 Å². The van der Waals surface area contributed by atoms with Crippen molar-refractivity contribution < 1.29 is 9.90 Å². The molecule has 2 heterocycles. The molecule has 0 saturated carbocycles. The Morgan fingerprint density at radius 2 is 2.00 bits per heavy atom. The van der Waals surface area contributed by atoms with Gasteiger partial charge < -0.3 is 5.11 Å². The van der Waals surface area contributed by atoms with Gasteiger partial charge in [0, 0.05) is 11.3 Å². The van der Waals surface area contributed by atoms with Crippen molar-refractivity contribution >= 4 is 23.4 Å². The van der Waals surface area contributed by atoms with Crippen LogP contribution in [0.25, 0.3) is 17.0 Å². The number of hydrogen-bond acceptors (Lipinski definition) is 5. The van der Waals surface area contributed by atoms with Crippen LogP contribution >= 0.6 is 11.8 Å². The Labute approximate surface area is 131 Å². The van der Waals surface area contributed by atoms with Gasteiger partial charge in [-0.15, -0.1) is 22.0 Å². The maximum atomic E-state index is 10.9. The maximum absolute atomic E-state index is 10.9. The number of rotatable bonds is 5. The highest BCUT2D eigenvalue weighted by Crippen LogP contribution is 2.22. The fourth-order valence-corrected chi connectivity index (χ4v) is 2.76. The summed E-state index contributed by atoms with van der Waals surface area (Å²) >= 11 is 1.41. The van der Waals surface area contributed by atoms with Crippen molar-refractivity contribution in [2.24, 2.45) is 5.92 Å². The summed E-state index contributed by atoms with van der Waals surface area (Å²) in [5.41, 5.74) is 1.60. The highest BCUT2D eigenvalue weighted by Gasteiger charge is 2.13. The molecule has 0 radical (unpaired) electrons. The van der Waals surface area contributed by atoms with E-state index in [1.807, 2.05) is 42.5 Å². The Bertz CT molecular complexity index is 804. The molecule has 0 amide bonds. The van der Waals surface area contributed by atoms with E-state index in [1.165, 1.54) is 11.8 Å². The summed E-state index contributed by atoms with van der Waals surface area (Å²) in [4.78, 5) is 10.9. The van der Waals surface area contributed by atoms with Gasteiger partial charge in [-0.05, 0) is 12.1 Å². The van der Waals surface area contributed by atoms with Gasteiger partial charge in [-0.25, -0.2) is 0 Å². The lowest BCUT2D eigenvalue weighted by atomic mass is 10.2. The minimum atomic E-state index is -0.803. The van der Waals surface area contributed by atoms with Gasteiger partial charge in [-0.2, -0.15) is 9.61 Å². The number of aliphatic carboxylic acids is 1. The zero-order valence-electron chi connectivity index (χ0n) is 11.9. The third kappa shape index (κ3) is 2.94. The molecule has 6 nitrogen and oxygen atoms in total. The first-order valence-electron chi connectivity index (χ1n) is 6.78. The molecule has 1 unspecified atom stereocenters. The van der Waals surface area contributed by atoms with Gasteiger partial charge >= 0.3 is 5.97 Å². The van der Waals surface area contributed by atoms with Crippen molar-refractivity contribution in [3.05, 3.63) is 42.5 Å². The SMILES string of the molecule is CC(CSc1ccc2nnc(-c3ccccc3)n2n1)C(=O)O. The molecule has 1 N–H and O–H groups in total. The van der Waals surface area contributed by atoms with E-state index in [0.717, 1.165) is 10.6 Å². The summed E-state index contributed by atoms with van der Waals surface area (Å²) in [5, 5.41) is 22.5. The molecule has 112 valence electrons. The zero-order chi connectivity index (χ0) is 15.5. The molecule has 0 fully saturated rings. The largest absolute Gasteiger partial charge is 0.481 e. The summed E-state index contributed by atoms with van der Waals surface area (Å²) < 4.78 is 1.68. The monoisotopic (exact) mass is 314 g/mol. The lowest BCUT2D eigenvalue weighted by Gasteiger charge is -2.05. The van der Waals surface area contributed by atoms with Gasteiger partial charge in [-0.1, -0.05) is 37.3 Å². The fraction of sp³-hybridized carbons (Fsp3) is 0.200. The number of fused-ring (bicyclic) bond motifs is 1. The summed E-state index contributed by atoms with van der Waals surface area (Å²) in [6.45, 7) is 1.68. The van der Waals surface area contributed by atoms with Gasteiger partial charge in [0.05, 0.1) is 5.92 Å². The van der Waals surface area contributed by atoms with Crippen LogP contribution in [0.1, 0.15) is 6.92 Å². The summed E-state index contributed by atoms with van der Waals surface area (Å²) in [6.07, 6.45) is 0. The molecule has 0 spiro atoms. The number of carboxylic acid groups (broad SMARTS) is 1. The number of hydrogen-bond donors (Lipinski definition) is 1. The van der Waals surface area contributed by atoms with E-state index in [0.29, 0.717) is 17.2 Å². The molecule has 22 heavy (non-hydrogen) atoms. The van der Waals surface area contributed by atoms with E-state index >= 15 is 0 Å². The summed E-state index contributed by atoms with van der Waals surface area (Å²) in [7, 11) is 0. The van der Waals surface area contributed by atoms with Crippen molar-refractivity contribution in [3.63, 3.8) is 0 Å². The molecule has 1 atom stereocenters. The molecule has 7 heteroatoms. The van der Waals surface area contributed by atoms with E-state index in [4.69, 9.17) is 5.11 Å². The van der Waals surface area contributed by atoms with Gasteiger partial charge in [0.15, 0.2) is 11.5 Å². The fourth-order valence-electron chi connectivity index (χ4n) is 1.90. The first-order valence-corrected chi connectivity index (χ1v) is 7.77. The van der Waals surface area contributed by atoms with Crippen molar-refractivity contribution in [2.75, 3.05) is 5.75 Å². The number of nitrogens with zero attached hydrogens (tertiary/aromatic N) is 4. The first kappa shape index (κ1) is 14.5. The molecule has 0 aliphatic heterocycles. The Balaban J connectivity index is 1.90. The zero-order valence-corrected chi connectivity index (χ0v) is 12.7. The standard InChI is InChI=1S/C15H14N4O2S/c1-10(15(20)21)9-22-13-8-7-12-16-17-14(19(12)18-13)11-5-3-2-4-6-11/h2-8,10H,9H2,1H3,(H,20,21). The van der Waals surface area contributed by atoms with Crippen LogP contribution in [0, 0.1) is 5.92 Å². The van der Waals surface area contributed by atoms with Crippen molar-refractivity contribution in [2.45, 2.75) is 11.9 Å². The third-order valence-corrected chi connectivity index (χ3v) is 4.35. The molecule has 3 rings (SSSR count). The van der Waals surface area contributed by atoms with Gasteiger partial charge in [0.1, 0.15) is 5.03 Å². The second-order valence-corrected chi connectivity index (χ2v) is 5.92. The Kier molecular flexibility index (Phi) is 4.06. The van der Waals surface area contributed by atoms with Crippen LogP contribution in [0.2, 0.25) is 0 Å². The normalized spacial score (nSPS) is 12.4. The lowest BCUT2D eigenvalue weighted by Crippen LogP contribution is -2.12. The molecular weight excluding hydrogens is 300 g/mol. The van der Waals surface area contributed by atoms with Crippen LogP contribution in [0.4, 0.5) is 0 Å². The highest BCUT2D eigenvalue weighted by molar-refractivity contribution is 7.99. The second-order valence-electron chi connectivity index (χ2n) is 4.88. The Morgan fingerprint density at radius 1 is 1.23 bits per heavy atom. The maximum Gasteiger partial charge on any atom is 0.307 e. The summed E-state index contributed by atoms with van der Waals surface area (Å²) in [5.74, 6) is -0.0828. The van der Waals surface area contributed by atoms with Crippen LogP contribution in [0.15, 0.2) is 47.5 Å². The minimum absolute atomic E-state index is 0.419. The van der Waals surface area contributed by atoms with E-state index in [1.54, 1.807) is 11.4 Å². The lowest BCUT2D eigenvalue weighted by molar-refractivity contribution is -0.140. The molecule has 0 bridgehead atoms. The quantitative estimate of drug-likeness (QED) is 0.729. The number of benzene rings is 1. The topological polar surface area (TPSA) is 80.4 Å². The average molecular weight is 314 g/mol. The third-order valence-electron chi connectivity index (χ3n) is 3.17. The molecule has 1 aromatic carbocycles. The number of carboxylic acids is 1. The molecule has 0 aliphatic rings. The number of aromatic nitrogens is 4. The highest BCUT2D eigenvalue weighted by atomic mass is 32.2. The summed E-state index contributed by atoms with van der Waals surface area (Å²) in [6, 6.07) is 13.4. The number of carbonyl (C=O) groups is 1. The van der Waals surface area contributed by atoms with Crippen molar-refractivity contribution in [1.82, 2.24) is 19.8 Å². The molecule has 0 saturated heterocycles. The molecule has 0 aliphatic carbocycles. The van der Waals surface area contributed by atoms with Gasteiger partial charge in [0.2, 0.25) is 0 Å². The number of thioether (sulfide) groups is 1. The van der Waals surface area contributed by atoms with Crippen LogP contribution in [-0.2, 0) is 4.79 Å². The van der Waals surface area contributed by atoms with Gasteiger partial charge in [-0.3, -0.25) is 4.79 Å². The Morgan fingerprint density at radius 3 is 2.73 bits per heavy atom. The van der Waals surface area contributed by atoms with Crippen LogP contribution in [0.5, 0.6) is 0 Å². The smallest absolute Gasteiger partial charge is 0.307 e. The molecular formula is C15H14N4O2S. The van der Waals surface area contributed by atoms with Crippen LogP contribution in [-0.4, -0.2) is 36.6 Å². The van der Waals surface area contributed by atoms with E-state index < -0.39 is 11.9 Å². The Hall–Kier alpha value is -2.41. The minimum Gasteiger partial charge on any atom is -0.481 e. The van der Waals surface area contributed by atoms with E-state index in [2.05, 4.69) is 15.3 Å². The first-order chi connectivity index (χ1) is 10.6. The molecule has 2 aromatic heterocycles. The average Bonchev–Trinajstić information content (AvgIpc) is 2.96.